The standard InChI is InChI=1S/C33H35F2N5O8S/c1-18-14-20(29(42)37-33(2,3)4)8-11-26(18)49(47,48)38-21-16-23(34)28(24(35)17-21)30(43)36-25(31(44)45)15-19-6-9-22(10-7-19)40-27(41)12-13-39(5)32(40)46/h6-11,14,16-17,25,38H,12-13,15H2,1-5H3,(H,36,43)(H,37,42)(H,44,45)/t25-/m0/s1. The molecule has 0 aromatic heterocycles. The summed E-state index contributed by atoms with van der Waals surface area (Å²) in [5.74, 6) is -6.67. The van der Waals surface area contributed by atoms with Crippen LogP contribution in [0.5, 0.6) is 0 Å². The average Bonchev–Trinajstić information content (AvgIpc) is 2.98. The highest BCUT2D eigenvalue weighted by Crippen LogP contribution is 2.25. The molecule has 4 rings (SSSR count). The number of carbonyl (C=O) groups is 5. The van der Waals surface area contributed by atoms with Crippen LogP contribution in [0, 0.1) is 18.6 Å². The van der Waals surface area contributed by atoms with Gasteiger partial charge in [-0.1, -0.05) is 12.1 Å². The molecule has 0 aliphatic carbocycles. The highest BCUT2D eigenvalue weighted by molar-refractivity contribution is 7.92. The van der Waals surface area contributed by atoms with E-state index >= 15 is 8.78 Å². The lowest BCUT2D eigenvalue weighted by atomic mass is 10.0. The van der Waals surface area contributed by atoms with Crippen LogP contribution in [0.25, 0.3) is 0 Å². The SMILES string of the molecule is Cc1cc(C(=O)NC(C)(C)C)ccc1S(=O)(=O)Nc1cc(F)c(C(=O)N[C@@H](Cc2ccc(N3C(=O)CCN(C)C3=O)cc2)C(=O)O)c(F)c1. The van der Waals surface area contributed by atoms with Crippen molar-refractivity contribution in [3.05, 3.63) is 88.5 Å². The molecule has 49 heavy (non-hydrogen) atoms. The number of sulfonamides is 1. The monoisotopic (exact) mass is 699 g/mol. The molecule has 0 unspecified atom stereocenters. The number of aliphatic carboxylic acids is 1. The molecule has 0 saturated carbocycles. The van der Waals surface area contributed by atoms with Crippen LogP contribution in [0.4, 0.5) is 25.0 Å². The molecule has 13 nitrogen and oxygen atoms in total. The number of hydrogen-bond donors (Lipinski definition) is 4. The molecule has 0 spiro atoms. The number of amides is 5. The predicted octanol–water partition coefficient (Wildman–Crippen LogP) is 3.82. The second-order valence-corrected chi connectivity index (χ2v) is 14.2. The Morgan fingerprint density at radius 3 is 2.12 bits per heavy atom. The smallest absolute Gasteiger partial charge is 0.331 e. The second kappa shape index (κ2) is 14.0. The van der Waals surface area contributed by atoms with E-state index in [1.165, 1.54) is 54.3 Å². The second-order valence-electron chi connectivity index (χ2n) is 12.5. The molecule has 16 heteroatoms. The minimum Gasteiger partial charge on any atom is -0.480 e. The van der Waals surface area contributed by atoms with Gasteiger partial charge in [0.1, 0.15) is 23.2 Å². The first kappa shape index (κ1) is 36.5. The molecule has 0 radical (unpaired) electrons. The summed E-state index contributed by atoms with van der Waals surface area (Å²) in [6.07, 6.45) is -0.190. The predicted molar refractivity (Wildman–Crippen MR) is 175 cm³/mol. The fraction of sp³-hybridized carbons (Fsp3) is 0.303. The maximum absolute atomic E-state index is 15.1. The lowest BCUT2D eigenvalue weighted by molar-refractivity contribution is -0.139. The van der Waals surface area contributed by atoms with Gasteiger partial charge in [-0.3, -0.25) is 19.1 Å². The molecule has 1 aliphatic heterocycles. The molecule has 1 fully saturated rings. The van der Waals surface area contributed by atoms with Gasteiger partial charge in [0, 0.05) is 37.5 Å². The first-order valence-corrected chi connectivity index (χ1v) is 16.4. The minimum absolute atomic E-state index is 0.129. The molecular weight excluding hydrogens is 664 g/mol. The molecule has 260 valence electrons. The molecule has 3 aromatic rings. The number of benzene rings is 3. The summed E-state index contributed by atoms with van der Waals surface area (Å²) in [5, 5.41) is 14.6. The Hall–Kier alpha value is -5.38. The number of aryl methyl sites for hydroxylation is 1. The van der Waals surface area contributed by atoms with Crippen molar-refractivity contribution in [1.82, 2.24) is 15.5 Å². The fourth-order valence-corrected chi connectivity index (χ4v) is 6.28. The van der Waals surface area contributed by atoms with Gasteiger partial charge in [0.25, 0.3) is 21.8 Å². The van der Waals surface area contributed by atoms with Crippen molar-refractivity contribution in [1.29, 1.82) is 0 Å². The number of rotatable bonds is 10. The summed E-state index contributed by atoms with van der Waals surface area (Å²) in [5.41, 5.74) is -1.21. The normalized spacial score (nSPS) is 14.3. The Bertz CT molecular complexity index is 1920. The quantitative estimate of drug-likeness (QED) is 0.246. The summed E-state index contributed by atoms with van der Waals surface area (Å²) in [6.45, 7) is 7.07. The number of nitrogens with one attached hydrogen (secondary N) is 3. The van der Waals surface area contributed by atoms with Crippen LogP contribution in [0.1, 0.15) is 59.0 Å². The van der Waals surface area contributed by atoms with Gasteiger partial charge in [-0.05, 0) is 81.3 Å². The van der Waals surface area contributed by atoms with Crippen LogP contribution < -0.4 is 20.3 Å². The minimum atomic E-state index is -4.41. The number of carboxylic acids is 1. The summed E-state index contributed by atoms with van der Waals surface area (Å²) < 4.78 is 58.4. The largest absolute Gasteiger partial charge is 0.480 e. The van der Waals surface area contributed by atoms with Gasteiger partial charge in [0.2, 0.25) is 5.91 Å². The summed E-state index contributed by atoms with van der Waals surface area (Å²) in [7, 11) is -2.86. The van der Waals surface area contributed by atoms with Crippen molar-refractivity contribution in [3.63, 3.8) is 0 Å². The Balaban J connectivity index is 1.47. The summed E-state index contributed by atoms with van der Waals surface area (Å²) in [4.78, 5) is 64.1. The van der Waals surface area contributed by atoms with Crippen LogP contribution in [-0.4, -0.2) is 73.3 Å². The highest BCUT2D eigenvalue weighted by Gasteiger charge is 2.32. The number of imide groups is 1. The summed E-state index contributed by atoms with van der Waals surface area (Å²) in [6, 6.07) is 8.57. The zero-order valence-electron chi connectivity index (χ0n) is 27.3. The van der Waals surface area contributed by atoms with Gasteiger partial charge in [-0.15, -0.1) is 0 Å². The van der Waals surface area contributed by atoms with Crippen molar-refractivity contribution < 1.29 is 46.3 Å². The van der Waals surface area contributed by atoms with Crippen molar-refractivity contribution in [2.24, 2.45) is 0 Å². The number of halogens is 2. The molecular formula is C33H35F2N5O8S. The van der Waals surface area contributed by atoms with Crippen molar-refractivity contribution in [2.75, 3.05) is 23.2 Å². The van der Waals surface area contributed by atoms with Gasteiger partial charge in [0.15, 0.2) is 0 Å². The van der Waals surface area contributed by atoms with E-state index in [-0.39, 0.29) is 41.1 Å². The highest BCUT2D eigenvalue weighted by atomic mass is 32.2. The van der Waals surface area contributed by atoms with Crippen LogP contribution >= 0.6 is 0 Å². The van der Waals surface area contributed by atoms with Crippen molar-refractivity contribution >= 4 is 51.1 Å². The van der Waals surface area contributed by atoms with Gasteiger partial charge in [-0.2, -0.15) is 0 Å². The topological polar surface area (TPSA) is 182 Å². The fourth-order valence-electron chi connectivity index (χ4n) is 5.01. The van der Waals surface area contributed by atoms with E-state index in [1.54, 1.807) is 27.8 Å². The molecule has 3 aromatic carbocycles. The van der Waals surface area contributed by atoms with E-state index in [1.807, 2.05) is 0 Å². The lowest BCUT2D eigenvalue weighted by Crippen LogP contribution is -2.50. The zero-order valence-corrected chi connectivity index (χ0v) is 28.1. The van der Waals surface area contributed by atoms with E-state index in [9.17, 15) is 37.5 Å². The lowest BCUT2D eigenvalue weighted by Gasteiger charge is -2.31. The first-order valence-electron chi connectivity index (χ1n) is 14.9. The number of nitrogens with zero attached hydrogens (tertiary/aromatic N) is 2. The van der Waals surface area contributed by atoms with Crippen LogP contribution in [0.2, 0.25) is 0 Å². The molecule has 5 amide bonds. The molecule has 1 saturated heterocycles. The number of urea groups is 1. The maximum atomic E-state index is 15.1. The van der Waals surface area contributed by atoms with Crippen molar-refractivity contribution in [2.45, 2.75) is 57.0 Å². The van der Waals surface area contributed by atoms with Gasteiger partial charge < -0.3 is 20.6 Å². The Labute approximate surface area is 281 Å². The number of anilines is 2. The Morgan fingerprint density at radius 2 is 1.57 bits per heavy atom. The molecule has 4 N–H and O–H groups in total. The number of hydrogen-bond acceptors (Lipinski definition) is 7. The van der Waals surface area contributed by atoms with Crippen LogP contribution in [0.15, 0.2) is 59.5 Å². The van der Waals surface area contributed by atoms with E-state index in [0.717, 1.165) is 4.90 Å². The Kier molecular flexibility index (Phi) is 10.4. The third-order valence-corrected chi connectivity index (χ3v) is 8.94. The molecule has 1 aliphatic rings. The third kappa shape index (κ3) is 8.56. The zero-order chi connectivity index (χ0) is 36.4. The molecule has 1 atom stereocenters. The van der Waals surface area contributed by atoms with E-state index < -0.39 is 74.2 Å². The summed E-state index contributed by atoms with van der Waals surface area (Å²) >= 11 is 0. The maximum Gasteiger partial charge on any atom is 0.331 e. The van der Waals surface area contributed by atoms with E-state index in [2.05, 4.69) is 15.4 Å². The first-order chi connectivity index (χ1) is 22.8. The van der Waals surface area contributed by atoms with E-state index in [4.69, 9.17) is 0 Å². The molecule has 1 heterocycles. The molecule has 0 bridgehead atoms. The van der Waals surface area contributed by atoms with Crippen LogP contribution in [-0.2, 0) is 26.0 Å². The van der Waals surface area contributed by atoms with Crippen LogP contribution in [0.3, 0.4) is 0 Å². The van der Waals surface area contributed by atoms with Gasteiger partial charge in [-0.25, -0.2) is 31.7 Å². The average molecular weight is 700 g/mol. The van der Waals surface area contributed by atoms with Gasteiger partial charge in [0.05, 0.1) is 16.3 Å². The van der Waals surface area contributed by atoms with Crippen molar-refractivity contribution in [3.8, 4) is 0 Å². The van der Waals surface area contributed by atoms with Gasteiger partial charge >= 0.3 is 12.0 Å². The number of carboxylic acid groups (broad SMARTS) is 1. The third-order valence-electron chi connectivity index (χ3n) is 7.40. The Morgan fingerprint density at radius 1 is 0.959 bits per heavy atom. The number of carbonyl (C=O) groups excluding carboxylic acids is 4. The van der Waals surface area contributed by atoms with E-state index in [0.29, 0.717) is 17.7 Å².